The number of carbonyl (C=O) groups is 1. The van der Waals surface area contributed by atoms with E-state index >= 15 is 0 Å². The summed E-state index contributed by atoms with van der Waals surface area (Å²) in [6.07, 6.45) is 1.77. The first-order valence-corrected chi connectivity index (χ1v) is 11.9. The Hall–Kier alpha value is -3.24. The van der Waals surface area contributed by atoms with Crippen molar-refractivity contribution < 1.29 is 24.5 Å². The van der Waals surface area contributed by atoms with Gasteiger partial charge in [-0.15, -0.1) is 0 Å². The molecule has 2 N–H and O–H groups in total. The molecule has 2 aromatic heterocycles. The second-order valence-corrected chi connectivity index (χ2v) is 7.83. The van der Waals surface area contributed by atoms with Crippen LogP contribution in [0.15, 0.2) is 29.1 Å². The second kappa shape index (κ2) is 13.6. The number of aromatic nitrogens is 4. The molecule has 0 amide bonds. The summed E-state index contributed by atoms with van der Waals surface area (Å²) in [6.45, 7) is 6.84. The molecule has 3 rings (SSSR count). The highest BCUT2D eigenvalue weighted by Crippen LogP contribution is 2.17. The highest BCUT2D eigenvalue weighted by molar-refractivity contribution is 5.76. The molecule has 0 aliphatic carbocycles. The molecule has 0 bridgehead atoms. The van der Waals surface area contributed by atoms with Crippen molar-refractivity contribution in [1.82, 2.24) is 19.3 Å². The zero-order chi connectivity index (χ0) is 26.0. The van der Waals surface area contributed by atoms with E-state index in [1.165, 1.54) is 0 Å². The molecule has 10 nitrogen and oxygen atoms in total. The Balaban J connectivity index is 0.00000210. The monoisotopic (exact) mass is 488 g/mol. The first-order valence-electron chi connectivity index (χ1n) is 11.9. The van der Waals surface area contributed by atoms with Crippen molar-refractivity contribution in [2.24, 2.45) is 7.05 Å². The molecule has 10 heteroatoms. The number of hydrogen-bond acceptors (Lipinski definition) is 7. The van der Waals surface area contributed by atoms with Gasteiger partial charge in [-0.1, -0.05) is 32.4 Å². The maximum Gasteiger partial charge on any atom is 0.333 e. The summed E-state index contributed by atoms with van der Waals surface area (Å²) in [4.78, 5) is 29.2. The lowest BCUT2D eigenvalue weighted by Gasteiger charge is -2.14. The highest BCUT2D eigenvalue weighted by Gasteiger charge is 2.19. The number of nitrogens with zero attached hydrogens (tertiary/aromatic N) is 4. The molecule has 0 spiro atoms. The minimum atomic E-state index is -0.977. The normalized spacial score (nSPS) is 11.7. The van der Waals surface area contributed by atoms with E-state index in [9.17, 15) is 14.7 Å². The number of aliphatic hydroxyl groups excluding tert-OH is 1. The number of rotatable bonds is 12. The minimum absolute atomic E-state index is 0.108. The van der Waals surface area contributed by atoms with Crippen molar-refractivity contribution >= 4 is 17.0 Å². The molecule has 2 heterocycles. The van der Waals surface area contributed by atoms with Crippen molar-refractivity contribution in [3.63, 3.8) is 0 Å². The molecule has 0 fully saturated rings. The molecule has 0 saturated carbocycles. The van der Waals surface area contributed by atoms with Crippen LogP contribution in [0.25, 0.3) is 11.0 Å². The van der Waals surface area contributed by atoms with Gasteiger partial charge in [-0.2, -0.15) is 5.10 Å². The standard InChI is InChI=1S/C24H32N4O5.CH4O/c1-5-8-18-21-22(27(4)26-18)23(29)28(20(6-2)25-21)13-14-33-17-11-9-16(10-12-17)15-19(24(30)31)32-7-3;1-2/h9-12,19H,5-8,13-15H2,1-4H3,(H,30,31);2H,1H3. The summed E-state index contributed by atoms with van der Waals surface area (Å²) in [6, 6.07) is 7.24. The van der Waals surface area contributed by atoms with E-state index in [1.807, 2.05) is 19.1 Å². The van der Waals surface area contributed by atoms with Gasteiger partial charge in [-0.25, -0.2) is 9.78 Å². The third kappa shape index (κ3) is 6.89. The predicted molar refractivity (Wildman–Crippen MR) is 133 cm³/mol. The van der Waals surface area contributed by atoms with Crippen LogP contribution >= 0.6 is 0 Å². The van der Waals surface area contributed by atoms with Gasteiger partial charge in [-0.05, 0) is 31.0 Å². The minimum Gasteiger partial charge on any atom is -0.492 e. The van der Waals surface area contributed by atoms with E-state index in [4.69, 9.17) is 19.6 Å². The molecule has 0 radical (unpaired) electrons. The molecule has 0 aliphatic rings. The smallest absolute Gasteiger partial charge is 0.333 e. The zero-order valence-electron chi connectivity index (χ0n) is 21.2. The van der Waals surface area contributed by atoms with Crippen LogP contribution in [0.3, 0.4) is 0 Å². The fourth-order valence-electron chi connectivity index (χ4n) is 3.88. The van der Waals surface area contributed by atoms with Crippen LogP contribution in [0.5, 0.6) is 5.75 Å². The Kier molecular flexibility index (Phi) is 10.9. The van der Waals surface area contributed by atoms with Gasteiger partial charge in [0.15, 0.2) is 11.6 Å². The third-order valence-corrected chi connectivity index (χ3v) is 5.47. The van der Waals surface area contributed by atoms with Crippen molar-refractivity contribution in [3.8, 4) is 5.75 Å². The van der Waals surface area contributed by atoms with Crippen LogP contribution in [-0.2, 0) is 42.4 Å². The molecule has 0 aliphatic heterocycles. The maximum absolute atomic E-state index is 13.2. The number of carboxylic acid groups (broad SMARTS) is 1. The average molecular weight is 489 g/mol. The van der Waals surface area contributed by atoms with E-state index in [1.54, 1.807) is 35.4 Å². The number of aliphatic hydroxyl groups is 1. The summed E-state index contributed by atoms with van der Waals surface area (Å²) in [7, 11) is 2.78. The zero-order valence-corrected chi connectivity index (χ0v) is 21.2. The van der Waals surface area contributed by atoms with E-state index in [0.29, 0.717) is 48.8 Å². The predicted octanol–water partition coefficient (Wildman–Crippen LogP) is 2.36. The lowest BCUT2D eigenvalue weighted by Crippen LogP contribution is -2.28. The lowest BCUT2D eigenvalue weighted by atomic mass is 10.1. The number of ether oxygens (including phenoxy) is 2. The lowest BCUT2D eigenvalue weighted by molar-refractivity contribution is -0.149. The van der Waals surface area contributed by atoms with E-state index in [2.05, 4.69) is 12.0 Å². The summed E-state index contributed by atoms with van der Waals surface area (Å²) >= 11 is 0. The third-order valence-electron chi connectivity index (χ3n) is 5.47. The van der Waals surface area contributed by atoms with Gasteiger partial charge in [0.2, 0.25) is 0 Å². The first kappa shape index (κ1) is 28.0. The SMILES string of the molecule is CCCc1nn(C)c2c(=O)n(CCOc3ccc(CC(OCC)C(=O)O)cc3)c(CC)nc12.CO. The Labute approximate surface area is 205 Å². The molecule has 1 unspecified atom stereocenters. The number of carboxylic acids is 1. The molecule has 1 atom stereocenters. The van der Waals surface area contributed by atoms with Gasteiger partial charge in [0, 0.05) is 33.6 Å². The summed E-state index contributed by atoms with van der Waals surface area (Å²) in [5, 5.41) is 20.7. The fraction of sp³-hybridized carbons (Fsp3) is 0.520. The Bertz CT molecular complexity index is 1150. The van der Waals surface area contributed by atoms with Gasteiger partial charge >= 0.3 is 5.97 Å². The first-order chi connectivity index (χ1) is 16.9. The van der Waals surface area contributed by atoms with Crippen LogP contribution in [0.2, 0.25) is 0 Å². The quantitative estimate of drug-likeness (QED) is 0.398. The van der Waals surface area contributed by atoms with Crippen LogP contribution in [-0.4, -0.2) is 61.9 Å². The molecular weight excluding hydrogens is 452 g/mol. The molecule has 192 valence electrons. The number of hydrogen-bond donors (Lipinski definition) is 2. The van der Waals surface area contributed by atoms with Crippen molar-refractivity contribution in [2.75, 3.05) is 20.3 Å². The molecule has 1 aromatic carbocycles. The maximum atomic E-state index is 13.2. The van der Waals surface area contributed by atoms with Crippen LogP contribution < -0.4 is 10.3 Å². The number of fused-ring (bicyclic) bond motifs is 1. The Morgan fingerprint density at radius 1 is 1.14 bits per heavy atom. The number of aryl methyl sites for hydroxylation is 3. The van der Waals surface area contributed by atoms with Crippen molar-refractivity contribution in [1.29, 1.82) is 0 Å². The largest absolute Gasteiger partial charge is 0.492 e. The molecule has 0 saturated heterocycles. The number of aliphatic carboxylic acids is 1. The molecular formula is C25H36N4O6. The van der Waals surface area contributed by atoms with E-state index < -0.39 is 12.1 Å². The summed E-state index contributed by atoms with van der Waals surface area (Å²) in [5.74, 6) is 0.385. The second-order valence-electron chi connectivity index (χ2n) is 7.83. The van der Waals surface area contributed by atoms with Crippen LogP contribution in [0, 0.1) is 0 Å². The summed E-state index contributed by atoms with van der Waals surface area (Å²) < 4.78 is 14.4. The molecule has 3 aromatic rings. The van der Waals surface area contributed by atoms with Gasteiger partial charge in [0.05, 0.1) is 12.2 Å². The van der Waals surface area contributed by atoms with Gasteiger partial charge in [0.1, 0.15) is 23.7 Å². The van der Waals surface area contributed by atoms with Crippen molar-refractivity contribution in [2.45, 2.75) is 59.1 Å². The highest BCUT2D eigenvalue weighted by atomic mass is 16.5. The average Bonchev–Trinajstić information content (AvgIpc) is 3.17. The fourth-order valence-corrected chi connectivity index (χ4v) is 3.88. The van der Waals surface area contributed by atoms with Gasteiger partial charge in [0.25, 0.3) is 5.56 Å². The molecule has 35 heavy (non-hydrogen) atoms. The topological polar surface area (TPSA) is 129 Å². The van der Waals surface area contributed by atoms with Crippen LogP contribution in [0.1, 0.15) is 44.3 Å². The Morgan fingerprint density at radius 2 is 1.83 bits per heavy atom. The van der Waals surface area contributed by atoms with Crippen molar-refractivity contribution in [3.05, 3.63) is 51.7 Å². The van der Waals surface area contributed by atoms with E-state index in [-0.39, 0.29) is 12.0 Å². The van der Waals surface area contributed by atoms with Crippen LogP contribution in [0.4, 0.5) is 0 Å². The van der Waals surface area contributed by atoms with E-state index in [0.717, 1.165) is 31.2 Å². The van der Waals surface area contributed by atoms with Gasteiger partial charge < -0.3 is 19.7 Å². The van der Waals surface area contributed by atoms with Gasteiger partial charge in [-0.3, -0.25) is 14.0 Å². The summed E-state index contributed by atoms with van der Waals surface area (Å²) in [5.41, 5.74) is 2.81. The Morgan fingerprint density at radius 3 is 2.40 bits per heavy atom. The number of benzene rings is 1.